The molecule has 0 aliphatic carbocycles. The minimum absolute atomic E-state index is 0. The van der Waals surface area contributed by atoms with E-state index in [1.54, 1.807) is 27.7 Å². The molecular weight excluding hydrogens is 538 g/mol. The summed E-state index contributed by atoms with van der Waals surface area (Å²) in [4.78, 5) is 47.9. The van der Waals surface area contributed by atoms with E-state index in [1.165, 1.54) is 18.2 Å². The molecule has 0 aromatic heterocycles. The Morgan fingerprint density at radius 2 is 1.44 bits per heavy atom. The second-order valence-corrected chi connectivity index (χ2v) is 8.51. The summed E-state index contributed by atoms with van der Waals surface area (Å²) >= 11 is 0. The lowest BCUT2D eigenvalue weighted by Crippen LogP contribution is -2.42. The number of hydrogen-bond donors (Lipinski definition) is 2. The van der Waals surface area contributed by atoms with Gasteiger partial charge in [-0.25, -0.2) is 14.4 Å². The molecule has 0 saturated carbocycles. The Kier molecular flexibility index (Phi) is 17.3. The summed E-state index contributed by atoms with van der Waals surface area (Å²) in [7, 11) is 0. The summed E-state index contributed by atoms with van der Waals surface area (Å²) in [5.41, 5.74) is 6.36. The molecule has 222 valence electrons. The first-order valence-corrected chi connectivity index (χ1v) is 12.7. The molecule has 0 heterocycles. The number of halogens is 1. The number of aliphatic carboxylic acids is 1. The number of carboxylic acid groups (broad SMARTS) is 1. The summed E-state index contributed by atoms with van der Waals surface area (Å²) in [5.74, 6) is -3.22. The highest BCUT2D eigenvalue weighted by molar-refractivity contribution is 5.85. The molecule has 13 heteroatoms. The fraction of sp³-hybridized carbons (Fsp3) is 0.615. The molecule has 0 aliphatic heterocycles. The van der Waals surface area contributed by atoms with Crippen molar-refractivity contribution in [2.24, 2.45) is 11.7 Å². The van der Waals surface area contributed by atoms with E-state index < -0.39 is 48.4 Å². The summed E-state index contributed by atoms with van der Waals surface area (Å²) in [6.07, 6.45) is -0.0365. The van der Waals surface area contributed by atoms with Gasteiger partial charge in [-0.2, -0.15) is 0 Å². The highest BCUT2D eigenvalue weighted by Gasteiger charge is 2.36. The van der Waals surface area contributed by atoms with Crippen LogP contribution in [0.1, 0.15) is 71.8 Å². The molecule has 0 bridgehead atoms. The van der Waals surface area contributed by atoms with E-state index in [0.717, 1.165) is 19.3 Å². The summed E-state index contributed by atoms with van der Waals surface area (Å²) in [6.45, 7) is 8.80. The van der Waals surface area contributed by atoms with Crippen molar-refractivity contribution in [1.29, 1.82) is 0 Å². The molecule has 0 saturated heterocycles. The molecule has 0 spiro atoms. The van der Waals surface area contributed by atoms with Crippen LogP contribution in [0.25, 0.3) is 0 Å². The van der Waals surface area contributed by atoms with E-state index in [2.05, 4.69) is 6.92 Å². The van der Waals surface area contributed by atoms with Crippen molar-refractivity contribution in [1.82, 2.24) is 0 Å². The number of hydrogen-bond acceptors (Lipinski definition) is 11. The normalized spacial score (nSPS) is 13.5. The summed E-state index contributed by atoms with van der Waals surface area (Å²) in [5, 5.41) is 9.68. The average Bonchev–Trinajstić information content (AvgIpc) is 2.85. The highest BCUT2D eigenvalue weighted by Crippen LogP contribution is 2.37. The Morgan fingerprint density at radius 1 is 0.846 bits per heavy atom. The molecule has 1 unspecified atom stereocenters. The van der Waals surface area contributed by atoms with E-state index in [-0.39, 0.29) is 43.7 Å². The van der Waals surface area contributed by atoms with Crippen LogP contribution < -0.4 is 15.2 Å². The third kappa shape index (κ3) is 12.4. The maximum Gasteiger partial charge on any atom is 0.513 e. The second kappa shape index (κ2) is 18.9. The average molecular weight is 578 g/mol. The zero-order valence-corrected chi connectivity index (χ0v) is 23.8. The Morgan fingerprint density at radius 3 is 1.97 bits per heavy atom. The molecule has 3 N–H and O–H groups in total. The van der Waals surface area contributed by atoms with Gasteiger partial charge in [-0.05, 0) is 44.9 Å². The molecule has 0 amide bonds. The van der Waals surface area contributed by atoms with Crippen LogP contribution in [-0.4, -0.2) is 61.5 Å². The molecule has 0 aliphatic rings. The molecule has 1 rings (SSSR count). The quantitative estimate of drug-likeness (QED) is 0.117. The van der Waals surface area contributed by atoms with Gasteiger partial charge in [0.15, 0.2) is 11.5 Å². The van der Waals surface area contributed by atoms with Gasteiger partial charge in [0, 0.05) is 11.8 Å². The van der Waals surface area contributed by atoms with Crippen LogP contribution in [0.15, 0.2) is 18.2 Å². The van der Waals surface area contributed by atoms with Crippen LogP contribution in [0.2, 0.25) is 0 Å². The Labute approximate surface area is 234 Å². The van der Waals surface area contributed by atoms with E-state index in [0.29, 0.717) is 12.0 Å². The monoisotopic (exact) mass is 577 g/mol. The van der Waals surface area contributed by atoms with Gasteiger partial charge < -0.3 is 39.3 Å². The number of carboxylic acids is 1. The van der Waals surface area contributed by atoms with Gasteiger partial charge in [-0.3, -0.25) is 4.79 Å². The number of benzene rings is 1. The van der Waals surface area contributed by atoms with Crippen molar-refractivity contribution in [2.75, 3.05) is 19.8 Å². The molecule has 1 aromatic carbocycles. The first-order chi connectivity index (χ1) is 18.0. The first kappa shape index (κ1) is 35.8. The minimum Gasteiger partial charge on any atom is -0.480 e. The first-order valence-electron chi connectivity index (χ1n) is 12.7. The van der Waals surface area contributed by atoms with Crippen molar-refractivity contribution < 1.29 is 52.7 Å². The molecule has 1 aromatic rings. The minimum atomic E-state index is -1.42. The van der Waals surface area contributed by atoms with Crippen molar-refractivity contribution in [3.05, 3.63) is 23.8 Å². The highest BCUT2D eigenvalue weighted by atomic mass is 35.5. The fourth-order valence-corrected chi connectivity index (χ4v) is 3.63. The van der Waals surface area contributed by atoms with Crippen molar-refractivity contribution in [3.63, 3.8) is 0 Å². The van der Waals surface area contributed by atoms with Crippen LogP contribution in [0.3, 0.4) is 0 Å². The number of nitrogens with two attached hydrogens (primary N) is 1. The molecular formula is C26H40ClNO11. The van der Waals surface area contributed by atoms with Gasteiger partial charge in [-0.15, -0.1) is 12.4 Å². The number of carbonyl (C=O) groups excluding carboxylic acids is 3. The Bertz CT molecular complexity index is 927. The molecule has 39 heavy (non-hydrogen) atoms. The van der Waals surface area contributed by atoms with E-state index in [1.807, 2.05) is 0 Å². The van der Waals surface area contributed by atoms with E-state index in [4.69, 9.17) is 34.2 Å². The Balaban J connectivity index is 0.0000144. The van der Waals surface area contributed by atoms with Crippen LogP contribution in [-0.2, 0) is 23.7 Å². The topological polar surface area (TPSA) is 170 Å². The van der Waals surface area contributed by atoms with Crippen molar-refractivity contribution in [3.8, 4) is 11.5 Å². The maximum atomic E-state index is 12.2. The molecule has 0 radical (unpaired) electrons. The second-order valence-electron chi connectivity index (χ2n) is 8.51. The third-order valence-corrected chi connectivity index (χ3v) is 5.74. The van der Waals surface area contributed by atoms with Crippen molar-refractivity contribution >= 4 is 36.8 Å². The zero-order chi connectivity index (χ0) is 28.7. The number of unbranched alkanes of at least 4 members (excludes halogenated alkanes) is 3. The van der Waals surface area contributed by atoms with Crippen molar-refractivity contribution in [2.45, 2.75) is 78.4 Å². The van der Waals surface area contributed by atoms with Crippen LogP contribution in [0, 0.1) is 5.92 Å². The predicted octanol–water partition coefficient (Wildman–Crippen LogP) is 5.43. The number of carbonyl (C=O) groups is 4. The lowest BCUT2D eigenvalue weighted by atomic mass is 9.79. The van der Waals surface area contributed by atoms with Crippen LogP contribution >= 0.6 is 12.4 Å². The van der Waals surface area contributed by atoms with Crippen LogP contribution in [0.5, 0.6) is 11.5 Å². The van der Waals surface area contributed by atoms with Crippen LogP contribution in [0.4, 0.5) is 14.4 Å². The predicted molar refractivity (Wildman–Crippen MR) is 143 cm³/mol. The maximum absolute atomic E-state index is 12.2. The fourth-order valence-electron chi connectivity index (χ4n) is 3.63. The molecule has 12 nitrogen and oxygen atoms in total. The molecule has 4 atom stereocenters. The zero-order valence-electron chi connectivity index (χ0n) is 23.0. The number of rotatable bonds is 15. The lowest BCUT2D eigenvalue weighted by molar-refractivity contribution is -0.139. The van der Waals surface area contributed by atoms with Gasteiger partial charge in [0.05, 0.1) is 19.8 Å². The summed E-state index contributed by atoms with van der Waals surface area (Å²) in [6, 6.07) is 2.67. The van der Waals surface area contributed by atoms with Gasteiger partial charge in [0.2, 0.25) is 0 Å². The lowest BCUT2D eigenvalue weighted by Gasteiger charge is -2.31. The largest absolute Gasteiger partial charge is 0.513 e. The summed E-state index contributed by atoms with van der Waals surface area (Å²) < 4.78 is 30.4. The van der Waals surface area contributed by atoms with Gasteiger partial charge >= 0.3 is 24.4 Å². The molecule has 0 fully saturated rings. The van der Waals surface area contributed by atoms with E-state index in [9.17, 15) is 24.3 Å². The Hall–Kier alpha value is -3.25. The third-order valence-electron chi connectivity index (χ3n) is 5.74. The number of ether oxygens (including phenoxy) is 6. The van der Waals surface area contributed by atoms with E-state index >= 15 is 0 Å². The smallest absolute Gasteiger partial charge is 0.480 e. The SMILES string of the molecule is CCCCCCOC(=O)O[C@H](C)[C@H](C)C(c1ccc(OC(=O)OCC)c(OC(=O)OCC)c1)[C@H](N)C(=O)O.Cl. The van der Waals surface area contributed by atoms with Gasteiger partial charge in [0.25, 0.3) is 0 Å². The van der Waals surface area contributed by atoms with Gasteiger partial charge in [0.1, 0.15) is 12.1 Å². The van der Waals surface area contributed by atoms with Gasteiger partial charge in [-0.1, -0.05) is 39.2 Å². The standard InChI is InChI=1S/C26H39NO11.ClH/c1-6-9-10-11-14-35-26(32)36-17(5)16(4)21(22(27)23(28)29)18-12-13-19(37-24(30)33-7-2)20(15-18)38-25(31)34-8-3;/h12-13,15-17,21-22H,6-11,14,27H2,1-5H3,(H,28,29);1H/t16-,17+,21?,22-;/m0./s1.